The smallest absolute Gasteiger partial charge is 0.123 e. The van der Waals surface area contributed by atoms with Gasteiger partial charge < -0.3 is 0 Å². The van der Waals surface area contributed by atoms with Gasteiger partial charge in [0.25, 0.3) is 0 Å². The van der Waals surface area contributed by atoms with E-state index in [1.807, 2.05) is 30.5 Å². The van der Waals surface area contributed by atoms with Crippen LogP contribution in [0.5, 0.6) is 0 Å². The Bertz CT molecular complexity index is 539. The first-order chi connectivity index (χ1) is 9.83. The summed E-state index contributed by atoms with van der Waals surface area (Å²) >= 11 is 0. The van der Waals surface area contributed by atoms with E-state index >= 15 is 0 Å². The van der Waals surface area contributed by atoms with Gasteiger partial charge in [-0.05, 0) is 49.2 Å². The largest absolute Gasteiger partial charge is 0.296 e. The van der Waals surface area contributed by atoms with Crippen LogP contribution in [0, 0.1) is 5.82 Å². The van der Waals surface area contributed by atoms with Crippen molar-refractivity contribution in [2.45, 2.75) is 25.3 Å². The van der Waals surface area contributed by atoms with Crippen molar-refractivity contribution in [3.63, 3.8) is 0 Å². The van der Waals surface area contributed by atoms with Crippen molar-refractivity contribution in [1.82, 2.24) is 9.88 Å². The van der Waals surface area contributed by atoms with Crippen molar-refractivity contribution in [3.8, 4) is 0 Å². The van der Waals surface area contributed by atoms with Crippen LogP contribution in [0.25, 0.3) is 0 Å². The fraction of sp³-hybridized carbons (Fsp3) is 0.353. The van der Waals surface area contributed by atoms with Crippen LogP contribution in [0.15, 0.2) is 48.7 Å². The lowest BCUT2D eigenvalue weighted by atomic mass is 10.0. The summed E-state index contributed by atoms with van der Waals surface area (Å²) in [7, 11) is 0. The van der Waals surface area contributed by atoms with Crippen LogP contribution >= 0.6 is 0 Å². The average molecular weight is 270 g/mol. The van der Waals surface area contributed by atoms with Crippen LogP contribution in [0.3, 0.4) is 0 Å². The van der Waals surface area contributed by atoms with Gasteiger partial charge in [-0.3, -0.25) is 9.88 Å². The summed E-state index contributed by atoms with van der Waals surface area (Å²) in [5.74, 6) is -0.160. The molecule has 1 fully saturated rings. The first-order valence-corrected chi connectivity index (χ1v) is 7.22. The van der Waals surface area contributed by atoms with Crippen LogP contribution < -0.4 is 0 Å². The van der Waals surface area contributed by atoms with E-state index in [0.717, 1.165) is 31.6 Å². The summed E-state index contributed by atoms with van der Waals surface area (Å²) in [6.07, 6.45) is 5.19. The molecular formula is C17H19FN2. The van der Waals surface area contributed by atoms with E-state index in [4.69, 9.17) is 0 Å². The third-order valence-corrected chi connectivity index (χ3v) is 4.00. The second kappa shape index (κ2) is 6.14. The molecule has 0 bridgehead atoms. The molecule has 3 heteroatoms. The maximum Gasteiger partial charge on any atom is 0.123 e. The molecule has 104 valence electrons. The van der Waals surface area contributed by atoms with Gasteiger partial charge >= 0.3 is 0 Å². The Morgan fingerprint density at radius 3 is 2.75 bits per heavy atom. The van der Waals surface area contributed by atoms with Gasteiger partial charge in [0.1, 0.15) is 5.82 Å². The summed E-state index contributed by atoms with van der Waals surface area (Å²) < 4.78 is 13.0. The number of aromatic nitrogens is 1. The number of pyridine rings is 1. The molecule has 1 aliphatic rings. The van der Waals surface area contributed by atoms with Crippen molar-refractivity contribution in [3.05, 3.63) is 65.7 Å². The minimum Gasteiger partial charge on any atom is -0.296 e. The molecule has 0 spiro atoms. The van der Waals surface area contributed by atoms with E-state index in [2.05, 4.69) is 16.0 Å². The third kappa shape index (κ3) is 3.05. The highest BCUT2D eigenvalue weighted by molar-refractivity contribution is 5.21. The lowest BCUT2D eigenvalue weighted by Crippen LogP contribution is -2.25. The molecule has 0 amide bonds. The predicted molar refractivity (Wildman–Crippen MR) is 77.9 cm³/mol. The Hall–Kier alpha value is -1.74. The summed E-state index contributed by atoms with van der Waals surface area (Å²) in [6.45, 7) is 2.13. The van der Waals surface area contributed by atoms with Gasteiger partial charge in [-0.15, -0.1) is 0 Å². The first-order valence-electron chi connectivity index (χ1n) is 7.22. The van der Waals surface area contributed by atoms with E-state index in [-0.39, 0.29) is 5.82 Å². The maximum atomic E-state index is 13.0. The molecule has 1 aliphatic heterocycles. The first kappa shape index (κ1) is 13.3. The second-order valence-corrected chi connectivity index (χ2v) is 5.32. The van der Waals surface area contributed by atoms with Gasteiger partial charge in [-0.2, -0.15) is 0 Å². The van der Waals surface area contributed by atoms with Crippen LogP contribution in [0.2, 0.25) is 0 Å². The molecular weight excluding hydrogens is 251 g/mol. The average Bonchev–Trinajstić information content (AvgIpc) is 2.95. The normalized spacial score (nSPS) is 19.4. The Kier molecular flexibility index (Phi) is 4.07. The summed E-state index contributed by atoms with van der Waals surface area (Å²) in [5.41, 5.74) is 2.36. The van der Waals surface area contributed by atoms with Gasteiger partial charge in [0.15, 0.2) is 0 Å². The van der Waals surface area contributed by atoms with Crippen LogP contribution in [0.4, 0.5) is 4.39 Å². The van der Waals surface area contributed by atoms with Crippen molar-refractivity contribution < 1.29 is 4.39 Å². The zero-order valence-corrected chi connectivity index (χ0v) is 11.5. The molecule has 2 aromatic rings. The molecule has 2 heterocycles. The molecule has 3 rings (SSSR count). The van der Waals surface area contributed by atoms with E-state index < -0.39 is 0 Å². The zero-order valence-electron chi connectivity index (χ0n) is 11.5. The van der Waals surface area contributed by atoms with Crippen LogP contribution in [-0.4, -0.2) is 23.0 Å². The van der Waals surface area contributed by atoms with Gasteiger partial charge in [-0.25, -0.2) is 4.39 Å². The van der Waals surface area contributed by atoms with Crippen molar-refractivity contribution in [2.24, 2.45) is 0 Å². The quantitative estimate of drug-likeness (QED) is 0.844. The van der Waals surface area contributed by atoms with E-state index in [0.29, 0.717) is 6.04 Å². The van der Waals surface area contributed by atoms with Crippen LogP contribution in [0.1, 0.15) is 30.1 Å². The van der Waals surface area contributed by atoms with Crippen molar-refractivity contribution in [1.29, 1.82) is 0 Å². The molecule has 0 unspecified atom stereocenters. The van der Waals surface area contributed by atoms with E-state index in [1.54, 1.807) is 12.1 Å². The number of hydrogen-bond acceptors (Lipinski definition) is 2. The third-order valence-electron chi connectivity index (χ3n) is 4.00. The fourth-order valence-corrected chi connectivity index (χ4v) is 2.96. The Balaban J connectivity index is 1.65. The Morgan fingerprint density at radius 1 is 1.15 bits per heavy atom. The number of likely N-dealkylation sites (tertiary alicyclic amines) is 1. The molecule has 0 N–H and O–H groups in total. The van der Waals surface area contributed by atoms with E-state index in [9.17, 15) is 4.39 Å². The maximum absolute atomic E-state index is 13.0. The number of nitrogens with zero attached hydrogens (tertiary/aromatic N) is 2. The molecule has 20 heavy (non-hydrogen) atoms. The summed E-state index contributed by atoms with van der Waals surface area (Å²) in [4.78, 5) is 6.86. The van der Waals surface area contributed by atoms with Gasteiger partial charge in [0.05, 0.1) is 0 Å². The van der Waals surface area contributed by atoms with Crippen molar-refractivity contribution >= 4 is 0 Å². The summed E-state index contributed by atoms with van der Waals surface area (Å²) in [5, 5.41) is 0. The lowest BCUT2D eigenvalue weighted by molar-refractivity contribution is 0.259. The zero-order chi connectivity index (χ0) is 13.8. The van der Waals surface area contributed by atoms with Gasteiger partial charge in [-0.1, -0.05) is 18.2 Å². The van der Waals surface area contributed by atoms with E-state index in [1.165, 1.54) is 12.0 Å². The Morgan fingerprint density at radius 2 is 2.00 bits per heavy atom. The molecule has 1 aromatic heterocycles. The van der Waals surface area contributed by atoms with Gasteiger partial charge in [0.2, 0.25) is 0 Å². The summed E-state index contributed by atoms with van der Waals surface area (Å²) in [6, 6.07) is 13.4. The Labute approximate surface area is 119 Å². The highest BCUT2D eigenvalue weighted by atomic mass is 19.1. The van der Waals surface area contributed by atoms with Crippen molar-refractivity contribution in [2.75, 3.05) is 13.1 Å². The highest BCUT2D eigenvalue weighted by Crippen LogP contribution is 2.31. The lowest BCUT2D eigenvalue weighted by Gasteiger charge is -2.24. The SMILES string of the molecule is Fc1ccc([C@H]2CCCN2CCc2ccccn2)cc1. The van der Waals surface area contributed by atoms with Gasteiger partial charge in [0, 0.05) is 30.9 Å². The molecule has 1 saturated heterocycles. The second-order valence-electron chi connectivity index (χ2n) is 5.32. The molecule has 0 radical (unpaired) electrons. The topological polar surface area (TPSA) is 16.1 Å². The molecule has 1 atom stereocenters. The fourth-order valence-electron chi connectivity index (χ4n) is 2.96. The standard InChI is InChI=1S/C17H19FN2/c18-15-8-6-14(7-9-15)17-5-3-12-20(17)13-10-16-4-1-2-11-19-16/h1-2,4,6-9,11,17H,3,5,10,12-13H2/t17-/m1/s1. The highest BCUT2D eigenvalue weighted by Gasteiger charge is 2.25. The molecule has 2 nitrogen and oxygen atoms in total. The number of hydrogen-bond donors (Lipinski definition) is 0. The number of rotatable bonds is 4. The number of benzene rings is 1. The molecule has 0 saturated carbocycles. The van der Waals surface area contributed by atoms with Crippen LogP contribution in [-0.2, 0) is 6.42 Å². The number of halogens is 1. The minimum absolute atomic E-state index is 0.160. The minimum atomic E-state index is -0.160. The molecule has 0 aliphatic carbocycles. The molecule has 1 aromatic carbocycles. The monoisotopic (exact) mass is 270 g/mol. The predicted octanol–water partition coefficient (Wildman–Crippen LogP) is 3.60.